The third-order valence-electron chi connectivity index (χ3n) is 6.62. The molecule has 0 heterocycles. The maximum absolute atomic E-state index is 13.5. The van der Waals surface area contributed by atoms with Crippen LogP contribution in [0.15, 0.2) is 35.0 Å². The van der Waals surface area contributed by atoms with Gasteiger partial charge in [0.15, 0.2) is 0 Å². The Morgan fingerprint density at radius 2 is 1.93 bits per heavy atom. The summed E-state index contributed by atoms with van der Waals surface area (Å²) in [7, 11) is -1.26. The molecular weight excluding hydrogens is 446 g/mol. The summed E-state index contributed by atoms with van der Waals surface area (Å²) in [5, 5.41) is 0. The van der Waals surface area contributed by atoms with Crippen LogP contribution in [0.2, 0.25) is 0 Å². The summed E-state index contributed by atoms with van der Waals surface area (Å²) in [6.07, 6.45) is 4.35. The summed E-state index contributed by atoms with van der Waals surface area (Å²) in [4.78, 5) is 0. The number of fused-ring (bicyclic) bond motifs is 1. The standard InChI is InChI=1S/C24H36BrNO2S/c1-8-28-18(4)24(26-29(27)22(5,6)7)21-12-20(25)10-9-19(21)15-23(24)13-16(2)11-17(3)14-23/h9-10,12,16-17,26H,4,8,11,13-15H2,1-3,5-7H3/t16-,17+,23?,24-,29+/m0/s1. The zero-order valence-corrected chi connectivity index (χ0v) is 21.1. The maximum Gasteiger partial charge on any atom is 0.118 e. The van der Waals surface area contributed by atoms with Gasteiger partial charge in [-0.1, -0.05) is 42.4 Å². The van der Waals surface area contributed by atoms with Gasteiger partial charge in [0.2, 0.25) is 0 Å². The lowest BCUT2D eigenvalue weighted by Crippen LogP contribution is -2.59. The van der Waals surface area contributed by atoms with E-state index in [9.17, 15) is 4.21 Å². The van der Waals surface area contributed by atoms with E-state index in [4.69, 9.17) is 4.74 Å². The van der Waals surface area contributed by atoms with Crippen molar-refractivity contribution in [3.8, 4) is 0 Å². The number of hydrogen-bond donors (Lipinski definition) is 1. The minimum Gasteiger partial charge on any atom is -0.496 e. The van der Waals surface area contributed by atoms with E-state index in [0.717, 1.165) is 23.7 Å². The van der Waals surface area contributed by atoms with Crippen molar-refractivity contribution in [2.75, 3.05) is 6.61 Å². The van der Waals surface area contributed by atoms with Gasteiger partial charge in [-0.25, -0.2) is 8.93 Å². The molecule has 5 heteroatoms. The first-order valence-electron chi connectivity index (χ1n) is 10.8. The smallest absolute Gasteiger partial charge is 0.118 e. The van der Waals surface area contributed by atoms with Crippen LogP contribution < -0.4 is 4.72 Å². The van der Waals surface area contributed by atoms with Crippen LogP contribution in [-0.2, 0) is 27.7 Å². The van der Waals surface area contributed by atoms with Crippen LogP contribution in [0.3, 0.4) is 0 Å². The van der Waals surface area contributed by atoms with Crippen molar-refractivity contribution in [1.82, 2.24) is 4.72 Å². The number of nitrogens with one attached hydrogen (secondary N) is 1. The van der Waals surface area contributed by atoms with Crippen LogP contribution in [0.25, 0.3) is 0 Å². The fraction of sp³-hybridized carbons (Fsp3) is 0.667. The Hall–Kier alpha value is -0.650. The Morgan fingerprint density at radius 3 is 2.48 bits per heavy atom. The molecule has 0 aromatic heterocycles. The summed E-state index contributed by atoms with van der Waals surface area (Å²) < 4.78 is 23.9. The average molecular weight is 483 g/mol. The number of halogens is 1. The van der Waals surface area contributed by atoms with Gasteiger partial charge in [-0.3, -0.25) is 0 Å². The molecule has 0 aliphatic heterocycles. The lowest BCUT2D eigenvalue weighted by molar-refractivity contribution is 0.00758. The predicted octanol–water partition coefficient (Wildman–Crippen LogP) is 6.25. The molecule has 1 fully saturated rings. The molecule has 1 aromatic carbocycles. The summed E-state index contributed by atoms with van der Waals surface area (Å²) >= 11 is 3.67. The van der Waals surface area contributed by atoms with Crippen LogP contribution in [0.4, 0.5) is 0 Å². The predicted molar refractivity (Wildman–Crippen MR) is 126 cm³/mol. The molecule has 3 rings (SSSR count). The van der Waals surface area contributed by atoms with Crippen molar-refractivity contribution < 1.29 is 8.95 Å². The minimum absolute atomic E-state index is 0.0969. The van der Waals surface area contributed by atoms with Gasteiger partial charge in [-0.2, -0.15) is 0 Å². The van der Waals surface area contributed by atoms with Crippen LogP contribution in [0, 0.1) is 17.3 Å². The Kier molecular flexibility index (Phi) is 6.45. The first-order chi connectivity index (χ1) is 13.4. The van der Waals surface area contributed by atoms with Crippen LogP contribution in [0.5, 0.6) is 0 Å². The number of ether oxygens (including phenoxy) is 1. The molecule has 1 saturated carbocycles. The molecule has 5 atom stereocenters. The monoisotopic (exact) mass is 481 g/mol. The molecular formula is C24H36BrNO2S. The van der Waals surface area contributed by atoms with Gasteiger partial charge in [0.05, 0.1) is 22.3 Å². The van der Waals surface area contributed by atoms with E-state index >= 15 is 0 Å². The van der Waals surface area contributed by atoms with Gasteiger partial charge in [-0.05, 0) is 88.5 Å². The van der Waals surface area contributed by atoms with Crippen molar-refractivity contribution in [3.63, 3.8) is 0 Å². The molecule has 0 amide bonds. The number of benzene rings is 1. The molecule has 2 aliphatic rings. The second-order valence-electron chi connectivity index (χ2n) is 10.2. The van der Waals surface area contributed by atoms with Gasteiger partial charge in [0.25, 0.3) is 0 Å². The first kappa shape index (κ1) is 23.0. The van der Waals surface area contributed by atoms with E-state index in [2.05, 4.69) is 59.3 Å². The topological polar surface area (TPSA) is 38.3 Å². The Bertz CT molecular complexity index is 806. The van der Waals surface area contributed by atoms with Crippen molar-refractivity contribution in [2.24, 2.45) is 17.3 Å². The van der Waals surface area contributed by atoms with Gasteiger partial charge < -0.3 is 4.74 Å². The number of hydrogen-bond acceptors (Lipinski definition) is 2. The highest BCUT2D eigenvalue weighted by molar-refractivity contribution is 9.10. The first-order valence-corrected chi connectivity index (χ1v) is 12.7. The largest absolute Gasteiger partial charge is 0.496 e. The molecule has 0 saturated heterocycles. The highest BCUT2D eigenvalue weighted by atomic mass is 79.9. The second-order valence-corrected chi connectivity index (χ2v) is 13.1. The summed E-state index contributed by atoms with van der Waals surface area (Å²) in [5.41, 5.74) is 1.72. The molecule has 29 heavy (non-hydrogen) atoms. The third-order valence-corrected chi connectivity index (χ3v) is 8.72. The fourth-order valence-electron chi connectivity index (χ4n) is 5.80. The third kappa shape index (κ3) is 3.99. The van der Waals surface area contributed by atoms with E-state index in [1.165, 1.54) is 17.5 Å². The van der Waals surface area contributed by atoms with Crippen molar-refractivity contribution in [3.05, 3.63) is 46.1 Å². The summed E-state index contributed by atoms with van der Waals surface area (Å²) in [6.45, 7) is 17.7. The molecule has 0 bridgehead atoms. The SMILES string of the molecule is C=C(OCC)[C@]1(N[S@](=O)C(C)(C)C)c2cc(Br)ccc2CC12C[C@H](C)C[C@H](C)C2. The van der Waals surface area contributed by atoms with E-state index < -0.39 is 16.5 Å². The minimum atomic E-state index is -1.26. The highest BCUT2D eigenvalue weighted by Crippen LogP contribution is 2.62. The molecule has 3 nitrogen and oxygen atoms in total. The molecule has 0 radical (unpaired) electrons. The molecule has 1 spiro atoms. The zero-order valence-electron chi connectivity index (χ0n) is 18.7. The molecule has 1 N–H and O–H groups in total. The highest BCUT2D eigenvalue weighted by Gasteiger charge is 2.62. The zero-order chi connectivity index (χ0) is 21.6. The molecule has 1 unspecified atom stereocenters. The molecule has 162 valence electrons. The fourth-order valence-corrected chi connectivity index (χ4v) is 7.18. The summed E-state index contributed by atoms with van der Waals surface area (Å²) in [5.74, 6) is 1.92. The Morgan fingerprint density at radius 1 is 1.31 bits per heavy atom. The van der Waals surface area contributed by atoms with E-state index in [0.29, 0.717) is 24.2 Å². The van der Waals surface area contributed by atoms with Crippen molar-refractivity contribution in [1.29, 1.82) is 0 Å². The lowest BCUT2D eigenvalue weighted by Gasteiger charge is -2.52. The summed E-state index contributed by atoms with van der Waals surface area (Å²) in [6, 6.07) is 6.52. The lowest BCUT2D eigenvalue weighted by atomic mass is 9.57. The van der Waals surface area contributed by atoms with Crippen LogP contribution in [0.1, 0.15) is 71.9 Å². The van der Waals surface area contributed by atoms with Gasteiger partial charge in [0.1, 0.15) is 11.3 Å². The normalized spacial score (nSPS) is 32.8. The average Bonchev–Trinajstić information content (AvgIpc) is 2.82. The van der Waals surface area contributed by atoms with E-state index in [1.807, 2.05) is 27.7 Å². The molecule has 1 aromatic rings. The quantitative estimate of drug-likeness (QED) is 0.504. The van der Waals surface area contributed by atoms with Gasteiger partial charge in [-0.15, -0.1) is 0 Å². The number of rotatable bonds is 5. The van der Waals surface area contributed by atoms with E-state index in [-0.39, 0.29) is 10.2 Å². The van der Waals surface area contributed by atoms with Crippen LogP contribution in [-0.4, -0.2) is 15.6 Å². The Balaban J connectivity index is 2.27. The molecule has 2 aliphatic carbocycles. The van der Waals surface area contributed by atoms with Gasteiger partial charge in [0, 0.05) is 9.89 Å². The van der Waals surface area contributed by atoms with Crippen molar-refractivity contribution in [2.45, 2.75) is 77.5 Å². The second kappa shape index (κ2) is 8.12. The Labute approximate surface area is 187 Å². The van der Waals surface area contributed by atoms with Gasteiger partial charge >= 0.3 is 0 Å². The maximum atomic E-state index is 13.5. The van der Waals surface area contributed by atoms with E-state index in [1.54, 1.807) is 0 Å². The van der Waals surface area contributed by atoms with Crippen LogP contribution >= 0.6 is 15.9 Å². The van der Waals surface area contributed by atoms with Crippen molar-refractivity contribution >= 4 is 26.9 Å².